The molecule has 188 valence electrons. The molecule has 2 atom stereocenters. The second-order valence-corrected chi connectivity index (χ2v) is 9.79. The summed E-state index contributed by atoms with van der Waals surface area (Å²) >= 11 is 0. The van der Waals surface area contributed by atoms with E-state index in [1.54, 1.807) is 0 Å². The Kier molecular flexibility index (Phi) is 8.51. The second kappa shape index (κ2) is 11.4. The number of hydrogen-bond acceptors (Lipinski definition) is 5. The monoisotopic (exact) mass is 482 g/mol. The molecule has 1 aliphatic rings. The smallest absolute Gasteiger partial charge is 0.407 e. The Hall–Kier alpha value is -3.39. The maximum atomic E-state index is 12.6. The van der Waals surface area contributed by atoms with Crippen molar-refractivity contribution in [2.24, 2.45) is 5.41 Å². The van der Waals surface area contributed by atoms with Crippen LogP contribution in [0.4, 0.5) is 4.79 Å². The predicted octanol–water partition coefficient (Wildman–Crippen LogP) is 3.94. The number of methoxy groups -OCH3 is 1. The van der Waals surface area contributed by atoms with Crippen LogP contribution in [-0.4, -0.2) is 55.5 Å². The van der Waals surface area contributed by atoms with Gasteiger partial charge in [-0.05, 0) is 27.7 Å². The van der Waals surface area contributed by atoms with Crippen LogP contribution in [-0.2, 0) is 19.1 Å². The van der Waals surface area contributed by atoms with E-state index in [1.165, 1.54) is 7.11 Å². The van der Waals surface area contributed by atoms with Crippen molar-refractivity contribution in [1.29, 1.82) is 0 Å². The van der Waals surface area contributed by atoms with Crippen molar-refractivity contribution in [3.63, 3.8) is 0 Å². The number of ether oxygens (including phenoxy) is 2. The number of benzene rings is 2. The minimum atomic E-state index is -0.990. The van der Waals surface area contributed by atoms with Crippen molar-refractivity contribution < 1.29 is 29.0 Å². The van der Waals surface area contributed by atoms with Gasteiger partial charge in [-0.15, -0.1) is 0 Å². The molecular formula is C27H34N2O6. The molecule has 1 aliphatic carbocycles. The van der Waals surface area contributed by atoms with E-state index < -0.39 is 35.5 Å². The summed E-state index contributed by atoms with van der Waals surface area (Å²) in [5.74, 6) is -1.44. The number of alkyl carbamates (subject to hydrolysis) is 1. The average molecular weight is 483 g/mol. The first kappa shape index (κ1) is 26.2. The summed E-state index contributed by atoms with van der Waals surface area (Å²) in [6.07, 6.45) is -1.37. The Morgan fingerprint density at radius 1 is 1.00 bits per heavy atom. The molecule has 0 bridgehead atoms. The molecular weight excluding hydrogens is 448 g/mol. The minimum absolute atomic E-state index is 0.0331. The molecule has 3 rings (SSSR count). The summed E-state index contributed by atoms with van der Waals surface area (Å²) in [5.41, 5.74) is 4.14. The van der Waals surface area contributed by atoms with Gasteiger partial charge in [0.05, 0.1) is 6.42 Å². The molecule has 2 aromatic rings. The number of nitrogens with one attached hydrogen (secondary N) is 2. The molecule has 0 spiro atoms. The number of carbonyl (C=O) groups excluding carboxylic acids is 2. The quantitative estimate of drug-likeness (QED) is 0.473. The first-order chi connectivity index (χ1) is 16.6. The fourth-order valence-electron chi connectivity index (χ4n) is 4.32. The third-order valence-corrected chi connectivity index (χ3v) is 6.34. The van der Waals surface area contributed by atoms with E-state index in [2.05, 4.69) is 34.9 Å². The molecule has 0 aliphatic heterocycles. The number of fused-ring (bicyclic) bond motifs is 3. The molecule has 0 saturated carbocycles. The second-order valence-electron chi connectivity index (χ2n) is 9.79. The highest BCUT2D eigenvalue weighted by Gasteiger charge is 2.31. The lowest BCUT2D eigenvalue weighted by Crippen LogP contribution is -2.49. The number of carboxylic acid groups (broad SMARTS) is 1. The molecule has 0 heterocycles. The van der Waals surface area contributed by atoms with Gasteiger partial charge in [0.25, 0.3) is 0 Å². The van der Waals surface area contributed by atoms with Crippen LogP contribution >= 0.6 is 0 Å². The molecule has 0 aromatic heterocycles. The summed E-state index contributed by atoms with van der Waals surface area (Å²) < 4.78 is 10.8. The van der Waals surface area contributed by atoms with Crippen molar-refractivity contribution in [1.82, 2.24) is 10.6 Å². The minimum Gasteiger partial charge on any atom is -0.481 e. The lowest BCUT2D eigenvalue weighted by atomic mass is 9.84. The van der Waals surface area contributed by atoms with Crippen LogP contribution < -0.4 is 10.6 Å². The van der Waals surface area contributed by atoms with E-state index in [-0.39, 0.29) is 31.9 Å². The number of rotatable bonds is 10. The van der Waals surface area contributed by atoms with Gasteiger partial charge in [-0.25, -0.2) is 4.79 Å². The van der Waals surface area contributed by atoms with E-state index in [9.17, 15) is 14.4 Å². The van der Waals surface area contributed by atoms with E-state index >= 15 is 0 Å². The Morgan fingerprint density at radius 3 is 2.09 bits per heavy atom. The molecule has 8 nitrogen and oxygen atoms in total. The first-order valence-corrected chi connectivity index (χ1v) is 11.8. The standard InChI is InChI=1S/C27H34N2O6/c1-27(2,3)23(15-24(30)31)29-25(32)22(34-4)13-14-28-26(33)35-16-21-19-11-7-5-9-17(19)18-10-6-8-12-20(18)21/h5-12,21-23H,13-16H2,1-4H3,(H,28,33)(H,29,32)(H,30,31). The topological polar surface area (TPSA) is 114 Å². The highest BCUT2D eigenvalue weighted by molar-refractivity contribution is 5.82. The zero-order chi connectivity index (χ0) is 25.6. The van der Waals surface area contributed by atoms with Crippen molar-refractivity contribution in [2.45, 2.75) is 51.7 Å². The Labute approximate surface area is 206 Å². The normalized spacial score (nSPS) is 14.4. The SMILES string of the molecule is COC(CCNC(=O)OCC1c2ccccc2-c2ccccc21)C(=O)NC(CC(=O)O)C(C)(C)C. The van der Waals surface area contributed by atoms with Crippen LogP contribution in [0.15, 0.2) is 48.5 Å². The van der Waals surface area contributed by atoms with Gasteiger partial charge in [-0.1, -0.05) is 69.3 Å². The zero-order valence-corrected chi connectivity index (χ0v) is 20.7. The van der Waals surface area contributed by atoms with Gasteiger partial charge in [-0.2, -0.15) is 0 Å². The molecule has 0 fully saturated rings. The van der Waals surface area contributed by atoms with Crippen molar-refractivity contribution >= 4 is 18.0 Å². The number of carboxylic acids is 1. The molecule has 0 saturated heterocycles. The molecule has 35 heavy (non-hydrogen) atoms. The van der Waals surface area contributed by atoms with Crippen LogP contribution in [0.3, 0.4) is 0 Å². The first-order valence-electron chi connectivity index (χ1n) is 11.8. The predicted molar refractivity (Wildman–Crippen MR) is 132 cm³/mol. The zero-order valence-electron chi connectivity index (χ0n) is 20.7. The van der Waals surface area contributed by atoms with Crippen LogP contribution in [0.5, 0.6) is 0 Å². The van der Waals surface area contributed by atoms with Gasteiger partial charge in [0.15, 0.2) is 0 Å². The summed E-state index contributed by atoms with van der Waals surface area (Å²) in [6.45, 7) is 5.96. The summed E-state index contributed by atoms with van der Waals surface area (Å²) in [6, 6.07) is 15.7. The van der Waals surface area contributed by atoms with Gasteiger partial charge >= 0.3 is 12.1 Å². The average Bonchev–Trinajstić information content (AvgIpc) is 3.13. The van der Waals surface area contributed by atoms with E-state index in [1.807, 2.05) is 45.0 Å². The largest absolute Gasteiger partial charge is 0.481 e. The molecule has 3 N–H and O–H groups in total. The molecule has 0 radical (unpaired) electrons. The van der Waals surface area contributed by atoms with Crippen LogP contribution in [0.25, 0.3) is 11.1 Å². The highest BCUT2D eigenvalue weighted by Crippen LogP contribution is 2.44. The highest BCUT2D eigenvalue weighted by atomic mass is 16.5. The lowest BCUT2D eigenvalue weighted by molar-refractivity contribution is -0.139. The molecule has 2 aromatic carbocycles. The van der Waals surface area contributed by atoms with Gasteiger partial charge < -0.3 is 25.2 Å². The van der Waals surface area contributed by atoms with E-state index in [0.717, 1.165) is 22.3 Å². The number of hydrogen-bond donors (Lipinski definition) is 3. The maximum Gasteiger partial charge on any atom is 0.407 e. The Morgan fingerprint density at radius 2 is 1.57 bits per heavy atom. The lowest BCUT2D eigenvalue weighted by Gasteiger charge is -2.31. The van der Waals surface area contributed by atoms with Gasteiger partial charge in [0.1, 0.15) is 12.7 Å². The van der Waals surface area contributed by atoms with Crippen LogP contribution in [0.1, 0.15) is 50.7 Å². The van der Waals surface area contributed by atoms with E-state index in [0.29, 0.717) is 0 Å². The third kappa shape index (κ3) is 6.60. The third-order valence-electron chi connectivity index (χ3n) is 6.34. The number of carbonyl (C=O) groups is 3. The van der Waals surface area contributed by atoms with Crippen molar-refractivity contribution in [2.75, 3.05) is 20.3 Å². The van der Waals surface area contributed by atoms with Crippen LogP contribution in [0, 0.1) is 5.41 Å². The Bertz CT molecular complexity index is 1020. The fourth-order valence-corrected chi connectivity index (χ4v) is 4.32. The van der Waals surface area contributed by atoms with Gasteiger partial charge in [0, 0.05) is 32.0 Å². The maximum absolute atomic E-state index is 12.6. The fraction of sp³-hybridized carbons (Fsp3) is 0.444. The molecule has 2 amide bonds. The molecule has 2 unspecified atom stereocenters. The Balaban J connectivity index is 1.50. The van der Waals surface area contributed by atoms with E-state index in [4.69, 9.17) is 14.6 Å². The van der Waals surface area contributed by atoms with Gasteiger partial charge in [-0.3, -0.25) is 9.59 Å². The van der Waals surface area contributed by atoms with Crippen molar-refractivity contribution in [3.05, 3.63) is 59.7 Å². The van der Waals surface area contributed by atoms with Crippen LogP contribution in [0.2, 0.25) is 0 Å². The summed E-state index contributed by atoms with van der Waals surface area (Å²) in [7, 11) is 1.40. The van der Waals surface area contributed by atoms with Gasteiger partial charge in [0.2, 0.25) is 5.91 Å². The summed E-state index contributed by atoms with van der Waals surface area (Å²) in [5, 5.41) is 14.6. The summed E-state index contributed by atoms with van der Waals surface area (Å²) in [4.78, 5) is 36.2. The van der Waals surface area contributed by atoms with Crippen molar-refractivity contribution in [3.8, 4) is 11.1 Å². The molecule has 8 heteroatoms. The number of amides is 2. The number of aliphatic carboxylic acids is 1.